The smallest absolute Gasteiger partial charge is 0.335 e. The molecular formula is C17H22N2O2. The fourth-order valence-corrected chi connectivity index (χ4v) is 3.13. The van der Waals surface area contributed by atoms with Crippen molar-refractivity contribution in [2.75, 3.05) is 0 Å². The van der Waals surface area contributed by atoms with Gasteiger partial charge in [-0.05, 0) is 37.0 Å². The van der Waals surface area contributed by atoms with Gasteiger partial charge in [0.05, 0.1) is 16.6 Å². The maximum Gasteiger partial charge on any atom is 0.335 e. The Kier molecular flexibility index (Phi) is 3.70. The molecule has 4 heteroatoms. The topological polar surface area (TPSA) is 55.1 Å². The van der Waals surface area contributed by atoms with Crippen LogP contribution in [0.4, 0.5) is 0 Å². The van der Waals surface area contributed by atoms with Gasteiger partial charge in [0, 0.05) is 12.5 Å². The Labute approximate surface area is 124 Å². The molecule has 0 amide bonds. The van der Waals surface area contributed by atoms with Gasteiger partial charge in [-0.15, -0.1) is 0 Å². The van der Waals surface area contributed by atoms with E-state index < -0.39 is 5.97 Å². The first kappa shape index (κ1) is 14.1. The van der Waals surface area contributed by atoms with Gasteiger partial charge in [0.2, 0.25) is 0 Å². The van der Waals surface area contributed by atoms with E-state index in [1.54, 1.807) is 12.1 Å². The number of hydrogen-bond donors (Lipinski definition) is 1. The predicted octanol–water partition coefficient (Wildman–Crippen LogP) is 4.05. The van der Waals surface area contributed by atoms with Crippen LogP contribution >= 0.6 is 0 Å². The molecule has 0 radical (unpaired) electrons. The molecule has 1 fully saturated rings. The van der Waals surface area contributed by atoms with Crippen LogP contribution in [0.5, 0.6) is 0 Å². The molecule has 21 heavy (non-hydrogen) atoms. The molecule has 0 bridgehead atoms. The molecule has 1 saturated carbocycles. The fourth-order valence-electron chi connectivity index (χ4n) is 3.13. The second-order valence-electron chi connectivity index (χ2n) is 6.00. The van der Waals surface area contributed by atoms with Gasteiger partial charge in [0.1, 0.15) is 5.82 Å². The van der Waals surface area contributed by atoms with E-state index in [2.05, 4.69) is 18.4 Å². The quantitative estimate of drug-likeness (QED) is 0.871. The Morgan fingerprint density at radius 1 is 1.43 bits per heavy atom. The Balaban J connectivity index is 2.11. The summed E-state index contributed by atoms with van der Waals surface area (Å²) in [4.78, 5) is 15.9. The van der Waals surface area contributed by atoms with Crippen molar-refractivity contribution in [3.05, 3.63) is 29.6 Å². The van der Waals surface area contributed by atoms with Crippen LogP contribution in [0.3, 0.4) is 0 Å². The molecule has 1 aliphatic carbocycles. The zero-order valence-corrected chi connectivity index (χ0v) is 12.7. The summed E-state index contributed by atoms with van der Waals surface area (Å²) in [6.45, 7) is 4.32. The third kappa shape index (κ3) is 2.67. The van der Waals surface area contributed by atoms with Crippen molar-refractivity contribution in [3.63, 3.8) is 0 Å². The average Bonchev–Trinajstić information content (AvgIpc) is 3.23. The summed E-state index contributed by atoms with van der Waals surface area (Å²) < 4.78 is 2.29. The van der Waals surface area contributed by atoms with E-state index in [4.69, 9.17) is 4.98 Å². The molecule has 1 heterocycles. The number of carbonyl (C=O) groups is 1. The van der Waals surface area contributed by atoms with E-state index in [1.165, 1.54) is 19.3 Å². The minimum Gasteiger partial charge on any atom is -0.478 e. The first-order valence-electron chi connectivity index (χ1n) is 7.88. The number of imidazole rings is 1. The van der Waals surface area contributed by atoms with Gasteiger partial charge in [0.15, 0.2) is 0 Å². The number of hydrogen-bond acceptors (Lipinski definition) is 2. The van der Waals surface area contributed by atoms with Gasteiger partial charge in [0.25, 0.3) is 0 Å². The highest BCUT2D eigenvalue weighted by Crippen LogP contribution is 2.39. The molecule has 2 aromatic rings. The zero-order chi connectivity index (χ0) is 15.0. The predicted molar refractivity (Wildman–Crippen MR) is 82.7 cm³/mol. The number of aryl methyl sites for hydroxylation is 1. The molecule has 1 aromatic carbocycles. The van der Waals surface area contributed by atoms with Crippen molar-refractivity contribution < 1.29 is 9.90 Å². The zero-order valence-electron chi connectivity index (χ0n) is 12.7. The van der Waals surface area contributed by atoms with Crippen LogP contribution in [0.1, 0.15) is 61.8 Å². The maximum absolute atomic E-state index is 11.2. The second kappa shape index (κ2) is 5.51. The Hall–Kier alpha value is -1.84. The highest BCUT2D eigenvalue weighted by Gasteiger charge is 2.27. The molecular weight excluding hydrogens is 264 g/mol. The maximum atomic E-state index is 11.2. The number of benzene rings is 1. The number of aromatic nitrogens is 2. The summed E-state index contributed by atoms with van der Waals surface area (Å²) in [5.41, 5.74) is 2.22. The normalized spacial score (nSPS) is 16.3. The van der Waals surface area contributed by atoms with Crippen LogP contribution < -0.4 is 0 Å². The lowest BCUT2D eigenvalue weighted by atomic mass is 10.1. The number of rotatable bonds is 6. The molecule has 1 aromatic heterocycles. The first-order valence-corrected chi connectivity index (χ1v) is 7.88. The molecule has 1 aliphatic rings. The van der Waals surface area contributed by atoms with Crippen molar-refractivity contribution >= 4 is 17.0 Å². The van der Waals surface area contributed by atoms with Crippen LogP contribution in [-0.2, 0) is 6.42 Å². The standard InChI is InChI=1S/C17H22N2O2/c1-3-13(9-11-5-6-11)19-15-10-12(17(20)21)7-8-14(15)18-16(19)4-2/h7-8,10-11,13H,3-6,9H2,1-2H3,(H,20,21). The lowest BCUT2D eigenvalue weighted by Gasteiger charge is -2.20. The van der Waals surface area contributed by atoms with E-state index >= 15 is 0 Å². The van der Waals surface area contributed by atoms with Gasteiger partial charge < -0.3 is 9.67 Å². The van der Waals surface area contributed by atoms with Gasteiger partial charge >= 0.3 is 5.97 Å². The van der Waals surface area contributed by atoms with Crippen LogP contribution in [0, 0.1) is 5.92 Å². The summed E-state index contributed by atoms with van der Waals surface area (Å²) in [6.07, 6.45) is 5.80. The van der Waals surface area contributed by atoms with Crippen LogP contribution in [-0.4, -0.2) is 20.6 Å². The van der Waals surface area contributed by atoms with Gasteiger partial charge in [-0.1, -0.05) is 26.7 Å². The SMILES string of the molecule is CCc1nc2ccc(C(=O)O)cc2n1C(CC)CC1CC1. The summed E-state index contributed by atoms with van der Waals surface area (Å²) in [5, 5.41) is 9.22. The Morgan fingerprint density at radius 3 is 2.76 bits per heavy atom. The first-order chi connectivity index (χ1) is 10.1. The molecule has 1 atom stereocenters. The molecule has 1 N–H and O–H groups in total. The number of aromatic carboxylic acids is 1. The van der Waals surface area contributed by atoms with E-state index in [0.29, 0.717) is 11.6 Å². The van der Waals surface area contributed by atoms with Crippen molar-refractivity contribution in [3.8, 4) is 0 Å². The molecule has 112 valence electrons. The van der Waals surface area contributed by atoms with E-state index in [1.807, 2.05) is 6.07 Å². The Morgan fingerprint density at radius 2 is 2.19 bits per heavy atom. The number of carboxylic acid groups (broad SMARTS) is 1. The lowest BCUT2D eigenvalue weighted by Crippen LogP contribution is -2.12. The summed E-state index contributed by atoms with van der Waals surface area (Å²) in [7, 11) is 0. The second-order valence-corrected chi connectivity index (χ2v) is 6.00. The van der Waals surface area contributed by atoms with Crippen molar-refractivity contribution in [1.82, 2.24) is 9.55 Å². The van der Waals surface area contributed by atoms with Crippen LogP contribution in [0.2, 0.25) is 0 Å². The molecule has 4 nitrogen and oxygen atoms in total. The van der Waals surface area contributed by atoms with Crippen LogP contribution in [0.15, 0.2) is 18.2 Å². The van der Waals surface area contributed by atoms with Crippen LogP contribution in [0.25, 0.3) is 11.0 Å². The molecule has 0 saturated heterocycles. The molecule has 3 rings (SSSR count). The molecule has 1 unspecified atom stereocenters. The summed E-state index contributed by atoms with van der Waals surface area (Å²) in [6, 6.07) is 5.68. The third-order valence-corrected chi connectivity index (χ3v) is 4.46. The molecule has 0 aliphatic heterocycles. The number of nitrogens with zero attached hydrogens (tertiary/aromatic N) is 2. The van der Waals surface area contributed by atoms with Gasteiger partial charge in [-0.3, -0.25) is 0 Å². The van der Waals surface area contributed by atoms with Gasteiger partial charge in [-0.2, -0.15) is 0 Å². The lowest BCUT2D eigenvalue weighted by molar-refractivity contribution is 0.0697. The van der Waals surface area contributed by atoms with Gasteiger partial charge in [-0.25, -0.2) is 9.78 Å². The van der Waals surface area contributed by atoms with E-state index in [9.17, 15) is 9.90 Å². The largest absolute Gasteiger partial charge is 0.478 e. The number of carboxylic acids is 1. The summed E-state index contributed by atoms with van der Waals surface area (Å²) in [5.74, 6) is 1.04. The minimum absolute atomic E-state index is 0.340. The fraction of sp³-hybridized carbons (Fsp3) is 0.529. The number of fused-ring (bicyclic) bond motifs is 1. The highest BCUT2D eigenvalue weighted by molar-refractivity contribution is 5.92. The average molecular weight is 286 g/mol. The van der Waals surface area contributed by atoms with E-state index in [-0.39, 0.29) is 0 Å². The molecule has 0 spiro atoms. The Bertz CT molecular complexity index is 671. The monoisotopic (exact) mass is 286 g/mol. The minimum atomic E-state index is -0.877. The van der Waals surface area contributed by atoms with Crippen molar-refractivity contribution in [2.45, 2.75) is 52.0 Å². The van der Waals surface area contributed by atoms with E-state index in [0.717, 1.165) is 35.6 Å². The highest BCUT2D eigenvalue weighted by atomic mass is 16.4. The third-order valence-electron chi connectivity index (χ3n) is 4.46. The van der Waals surface area contributed by atoms with Crippen molar-refractivity contribution in [1.29, 1.82) is 0 Å². The summed E-state index contributed by atoms with van der Waals surface area (Å²) >= 11 is 0. The van der Waals surface area contributed by atoms with Crippen molar-refractivity contribution in [2.24, 2.45) is 5.92 Å².